The lowest BCUT2D eigenvalue weighted by Gasteiger charge is -2.13. The minimum absolute atomic E-state index is 0.0256. The highest BCUT2D eigenvalue weighted by molar-refractivity contribution is 6.42. The molecule has 116 valence electrons. The van der Waals surface area contributed by atoms with Gasteiger partial charge in [-0.1, -0.05) is 11.6 Å². The standard InChI is InChI=1S/C14H8ClN3O5/c1-23-8-4-7(5-16-6-8)17-13(19)11-9(15)2-3-10(18(21)22)12(11)14(17)20/h2-6H,1H3. The number of nitrogens with zero attached hydrogens (tertiary/aromatic N) is 3. The van der Waals surface area contributed by atoms with Crippen molar-refractivity contribution < 1.29 is 19.2 Å². The Hall–Kier alpha value is -3.00. The van der Waals surface area contributed by atoms with Gasteiger partial charge in [-0.3, -0.25) is 24.7 Å². The van der Waals surface area contributed by atoms with Gasteiger partial charge in [-0.2, -0.15) is 0 Å². The molecule has 0 N–H and O–H groups in total. The fourth-order valence-corrected chi connectivity index (χ4v) is 2.57. The molecule has 2 amide bonds. The summed E-state index contributed by atoms with van der Waals surface area (Å²) in [5, 5.41) is 11.1. The number of methoxy groups -OCH3 is 1. The zero-order valence-electron chi connectivity index (χ0n) is 11.6. The number of fused-ring (bicyclic) bond motifs is 1. The highest BCUT2D eigenvalue weighted by atomic mass is 35.5. The van der Waals surface area contributed by atoms with Crippen LogP contribution in [0.2, 0.25) is 5.02 Å². The number of nitro benzene ring substituents is 1. The number of hydrogen-bond acceptors (Lipinski definition) is 6. The number of benzene rings is 1. The van der Waals surface area contributed by atoms with E-state index in [0.717, 1.165) is 11.0 Å². The Balaban J connectivity index is 2.19. The number of anilines is 1. The summed E-state index contributed by atoms with van der Waals surface area (Å²) in [6.45, 7) is 0. The number of imide groups is 1. The molecular formula is C14H8ClN3O5. The predicted octanol–water partition coefficient (Wildman–Crippen LogP) is 2.45. The van der Waals surface area contributed by atoms with Gasteiger partial charge in [0.05, 0.1) is 40.7 Å². The number of rotatable bonds is 3. The smallest absolute Gasteiger partial charge is 0.283 e. The largest absolute Gasteiger partial charge is 0.495 e. The molecule has 9 heteroatoms. The van der Waals surface area contributed by atoms with E-state index in [1.807, 2.05) is 0 Å². The van der Waals surface area contributed by atoms with Crippen LogP contribution in [-0.4, -0.2) is 28.8 Å². The van der Waals surface area contributed by atoms with Crippen molar-refractivity contribution in [1.82, 2.24) is 4.98 Å². The van der Waals surface area contributed by atoms with Crippen molar-refractivity contribution in [3.63, 3.8) is 0 Å². The first-order valence-corrected chi connectivity index (χ1v) is 6.68. The molecule has 0 unspecified atom stereocenters. The second kappa shape index (κ2) is 5.33. The van der Waals surface area contributed by atoms with Gasteiger partial charge < -0.3 is 4.74 Å². The number of amides is 2. The third-order valence-electron chi connectivity index (χ3n) is 3.36. The van der Waals surface area contributed by atoms with Crippen LogP contribution in [0.1, 0.15) is 20.7 Å². The molecule has 2 aromatic rings. The molecule has 0 aliphatic carbocycles. The molecule has 23 heavy (non-hydrogen) atoms. The van der Waals surface area contributed by atoms with Crippen molar-refractivity contribution in [3.8, 4) is 5.75 Å². The Morgan fingerprint density at radius 2 is 1.91 bits per heavy atom. The second-order valence-corrected chi connectivity index (χ2v) is 5.01. The van der Waals surface area contributed by atoms with E-state index in [1.54, 1.807) is 0 Å². The molecule has 1 aromatic heterocycles. The fraction of sp³-hybridized carbons (Fsp3) is 0.0714. The summed E-state index contributed by atoms with van der Waals surface area (Å²) < 4.78 is 5.00. The maximum absolute atomic E-state index is 12.6. The molecule has 3 rings (SSSR count). The van der Waals surface area contributed by atoms with Gasteiger partial charge >= 0.3 is 0 Å². The highest BCUT2D eigenvalue weighted by Crippen LogP contribution is 2.38. The Labute approximate surface area is 134 Å². The van der Waals surface area contributed by atoms with Crippen LogP contribution in [0.3, 0.4) is 0 Å². The van der Waals surface area contributed by atoms with Gasteiger partial charge in [0.15, 0.2) is 0 Å². The maximum Gasteiger partial charge on any atom is 0.283 e. The van der Waals surface area contributed by atoms with Gasteiger partial charge in [-0.25, -0.2) is 4.90 Å². The fourth-order valence-electron chi connectivity index (χ4n) is 2.34. The molecular weight excluding hydrogens is 326 g/mol. The third-order valence-corrected chi connectivity index (χ3v) is 3.67. The van der Waals surface area contributed by atoms with E-state index in [0.29, 0.717) is 5.75 Å². The molecule has 1 aliphatic heterocycles. The number of carbonyl (C=O) groups excluding carboxylic acids is 2. The molecule has 0 atom stereocenters. The normalized spacial score (nSPS) is 13.2. The van der Waals surface area contributed by atoms with Crippen LogP contribution in [-0.2, 0) is 0 Å². The molecule has 8 nitrogen and oxygen atoms in total. The van der Waals surface area contributed by atoms with Crippen molar-refractivity contribution in [2.24, 2.45) is 0 Å². The Morgan fingerprint density at radius 3 is 2.57 bits per heavy atom. The lowest BCUT2D eigenvalue weighted by Crippen LogP contribution is -2.29. The van der Waals surface area contributed by atoms with Crippen LogP contribution >= 0.6 is 11.6 Å². The first-order chi connectivity index (χ1) is 11.0. The molecule has 0 saturated heterocycles. The van der Waals surface area contributed by atoms with Crippen molar-refractivity contribution in [2.45, 2.75) is 0 Å². The van der Waals surface area contributed by atoms with Crippen molar-refractivity contribution in [1.29, 1.82) is 0 Å². The van der Waals surface area contributed by atoms with E-state index < -0.39 is 22.4 Å². The number of halogens is 1. The zero-order chi connectivity index (χ0) is 16.7. The van der Waals surface area contributed by atoms with E-state index in [-0.39, 0.29) is 21.8 Å². The summed E-state index contributed by atoms with van der Waals surface area (Å²) in [6.07, 6.45) is 2.68. The average Bonchev–Trinajstić information content (AvgIpc) is 2.80. The maximum atomic E-state index is 12.6. The van der Waals surface area contributed by atoms with Crippen molar-refractivity contribution in [3.05, 3.63) is 56.9 Å². The summed E-state index contributed by atoms with van der Waals surface area (Å²) in [5.41, 5.74) is -0.842. The SMILES string of the molecule is COc1cncc(N2C(=O)c3c(Cl)ccc([N+](=O)[O-])c3C2=O)c1. The zero-order valence-corrected chi connectivity index (χ0v) is 12.4. The van der Waals surface area contributed by atoms with Crippen LogP contribution in [0.5, 0.6) is 5.75 Å². The van der Waals surface area contributed by atoms with Crippen LogP contribution in [0.15, 0.2) is 30.6 Å². The number of aromatic nitrogens is 1. The Kier molecular flexibility index (Phi) is 3.45. The lowest BCUT2D eigenvalue weighted by atomic mass is 10.1. The Morgan fingerprint density at radius 1 is 1.22 bits per heavy atom. The van der Waals surface area contributed by atoms with Gasteiger partial charge in [0, 0.05) is 12.1 Å². The van der Waals surface area contributed by atoms with E-state index in [4.69, 9.17) is 16.3 Å². The van der Waals surface area contributed by atoms with E-state index in [1.165, 1.54) is 31.6 Å². The molecule has 0 saturated carbocycles. The van der Waals surface area contributed by atoms with E-state index in [2.05, 4.69) is 4.98 Å². The lowest BCUT2D eigenvalue weighted by molar-refractivity contribution is -0.385. The number of nitro groups is 1. The average molecular weight is 334 g/mol. The third kappa shape index (κ3) is 2.20. The molecule has 0 spiro atoms. The summed E-state index contributed by atoms with van der Waals surface area (Å²) >= 11 is 5.96. The first-order valence-electron chi connectivity index (χ1n) is 6.30. The monoisotopic (exact) mass is 333 g/mol. The van der Waals surface area contributed by atoms with E-state index >= 15 is 0 Å². The summed E-state index contributed by atoms with van der Waals surface area (Å²) in [6, 6.07) is 3.74. The van der Waals surface area contributed by atoms with Gasteiger partial charge in [0.25, 0.3) is 17.5 Å². The number of hydrogen-bond donors (Lipinski definition) is 0. The second-order valence-electron chi connectivity index (χ2n) is 4.60. The first kappa shape index (κ1) is 14.9. The summed E-state index contributed by atoms with van der Waals surface area (Å²) in [5.74, 6) is -1.23. The molecule has 1 aromatic carbocycles. The molecule has 0 bridgehead atoms. The minimum atomic E-state index is -0.825. The quantitative estimate of drug-likeness (QED) is 0.485. The van der Waals surface area contributed by atoms with E-state index in [9.17, 15) is 19.7 Å². The number of pyridine rings is 1. The van der Waals surface area contributed by atoms with Crippen molar-refractivity contribution in [2.75, 3.05) is 12.0 Å². The van der Waals surface area contributed by atoms with Crippen LogP contribution < -0.4 is 9.64 Å². The summed E-state index contributed by atoms with van der Waals surface area (Å²) in [7, 11) is 1.41. The van der Waals surface area contributed by atoms with Crippen LogP contribution in [0.4, 0.5) is 11.4 Å². The van der Waals surface area contributed by atoms with Gasteiger partial charge in [0.2, 0.25) is 0 Å². The van der Waals surface area contributed by atoms with Gasteiger partial charge in [-0.05, 0) is 6.07 Å². The number of carbonyl (C=O) groups is 2. The molecule has 0 radical (unpaired) electrons. The summed E-state index contributed by atoms with van der Waals surface area (Å²) in [4.78, 5) is 40.1. The minimum Gasteiger partial charge on any atom is -0.495 e. The topological polar surface area (TPSA) is 103 Å². The van der Waals surface area contributed by atoms with Crippen LogP contribution in [0, 0.1) is 10.1 Å². The predicted molar refractivity (Wildman–Crippen MR) is 80.0 cm³/mol. The highest BCUT2D eigenvalue weighted by Gasteiger charge is 2.43. The number of ether oxygens (including phenoxy) is 1. The van der Waals surface area contributed by atoms with Crippen molar-refractivity contribution >= 4 is 34.8 Å². The van der Waals surface area contributed by atoms with Gasteiger partial charge in [0.1, 0.15) is 11.3 Å². The molecule has 1 aliphatic rings. The molecule has 0 fully saturated rings. The van der Waals surface area contributed by atoms with Gasteiger partial charge in [-0.15, -0.1) is 0 Å². The molecule has 2 heterocycles. The van der Waals surface area contributed by atoms with Crippen LogP contribution in [0.25, 0.3) is 0 Å². The Bertz CT molecular complexity index is 867.